The first-order valence-electron chi connectivity index (χ1n) is 7.10. The van der Waals surface area contributed by atoms with Crippen LogP contribution >= 0.6 is 0 Å². The highest BCUT2D eigenvalue weighted by atomic mass is 32.2. The molecule has 0 amide bonds. The minimum Gasteiger partial charge on any atom is -0.294 e. The summed E-state index contributed by atoms with van der Waals surface area (Å²) in [5.41, 5.74) is -0.486. The van der Waals surface area contributed by atoms with Crippen molar-refractivity contribution in [3.05, 3.63) is 0 Å². The van der Waals surface area contributed by atoms with Crippen molar-refractivity contribution in [2.24, 2.45) is 0 Å². The number of rotatable bonds is 9. The standard InChI is InChI=1S/C14H31NO2S/c1-7-9-11-13(3,4)15(18(16)17)14(5,6)12-10-8-2/h7-12H2,1-6H3,(H,16,17). The molecule has 0 fully saturated rings. The van der Waals surface area contributed by atoms with Crippen LogP contribution in [0.25, 0.3) is 0 Å². The van der Waals surface area contributed by atoms with Crippen LogP contribution in [0.15, 0.2) is 0 Å². The minimum absolute atomic E-state index is 0.243. The molecule has 0 aliphatic heterocycles. The van der Waals surface area contributed by atoms with Crippen LogP contribution in [0.3, 0.4) is 0 Å². The van der Waals surface area contributed by atoms with Crippen LogP contribution in [0.4, 0.5) is 0 Å². The van der Waals surface area contributed by atoms with Crippen LogP contribution in [0.2, 0.25) is 0 Å². The van der Waals surface area contributed by atoms with E-state index in [1.807, 2.05) is 0 Å². The lowest BCUT2D eigenvalue weighted by Crippen LogP contribution is -2.56. The predicted octanol–water partition coefficient (Wildman–Crippen LogP) is 4.36. The lowest BCUT2D eigenvalue weighted by Gasteiger charge is -2.46. The Bertz CT molecular complexity index is 245. The summed E-state index contributed by atoms with van der Waals surface area (Å²) in [4.78, 5) is 0. The van der Waals surface area contributed by atoms with Gasteiger partial charge in [0.1, 0.15) is 0 Å². The first kappa shape index (κ1) is 18.1. The summed E-state index contributed by atoms with van der Waals surface area (Å²) < 4.78 is 23.2. The molecule has 0 saturated heterocycles. The van der Waals surface area contributed by atoms with Crippen molar-refractivity contribution in [1.29, 1.82) is 0 Å². The van der Waals surface area contributed by atoms with E-state index in [0.717, 1.165) is 38.5 Å². The van der Waals surface area contributed by atoms with E-state index >= 15 is 0 Å². The molecule has 0 rings (SSSR count). The van der Waals surface area contributed by atoms with Gasteiger partial charge in [0.25, 0.3) is 0 Å². The molecule has 0 heterocycles. The molecule has 1 unspecified atom stereocenters. The van der Waals surface area contributed by atoms with E-state index in [1.165, 1.54) is 0 Å². The highest BCUT2D eigenvalue weighted by Gasteiger charge is 2.40. The summed E-state index contributed by atoms with van der Waals surface area (Å²) in [6.45, 7) is 12.6. The molecule has 3 nitrogen and oxygen atoms in total. The maximum atomic E-state index is 11.8. The van der Waals surface area contributed by atoms with Gasteiger partial charge < -0.3 is 0 Å². The van der Waals surface area contributed by atoms with E-state index in [4.69, 9.17) is 0 Å². The molecular weight excluding hydrogens is 246 g/mol. The Morgan fingerprint density at radius 2 is 1.28 bits per heavy atom. The zero-order chi connectivity index (χ0) is 14.4. The van der Waals surface area contributed by atoms with Gasteiger partial charge in [0.15, 0.2) is 0 Å². The fraction of sp³-hybridized carbons (Fsp3) is 1.00. The van der Waals surface area contributed by atoms with E-state index in [-0.39, 0.29) is 11.1 Å². The van der Waals surface area contributed by atoms with Gasteiger partial charge in [-0.3, -0.25) is 4.55 Å². The fourth-order valence-electron chi connectivity index (χ4n) is 2.66. The van der Waals surface area contributed by atoms with E-state index in [9.17, 15) is 8.76 Å². The first-order valence-corrected chi connectivity index (χ1v) is 8.16. The van der Waals surface area contributed by atoms with Gasteiger partial charge in [-0.2, -0.15) is 4.31 Å². The number of nitrogens with zero attached hydrogens (tertiary/aromatic N) is 1. The summed E-state index contributed by atoms with van der Waals surface area (Å²) in [7, 11) is 0. The quantitative estimate of drug-likeness (QED) is 0.636. The molecule has 18 heavy (non-hydrogen) atoms. The second-order valence-corrected chi connectivity index (χ2v) is 7.18. The molecule has 1 atom stereocenters. The Morgan fingerprint density at radius 1 is 0.944 bits per heavy atom. The summed E-state index contributed by atoms with van der Waals surface area (Å²) in [5.74, 6) is 0. The van der Waals surface area contributed by atoms with Gasteiger partial charge in [-0.05, 0) is 40.5 Å². The second-order valence-electron chi connectivity index (χ2n) is 6.36. The Hall–Kier alpha value is 0.0700. The van der Waals surface area contributed by atoms with E-state index in [0.29, 0.717) is 0 Å². The lowest BCUT2D eigenvalue weighted by molar-refractivity contribution is 0.0912. The zero-order valence-corrected chi connectivity index (χ0v) is 13.8. The van der Waals surface area contributed by atoms with Crippen molar-refractivity contribution >= 4 is 11.3 Å². The summed E-state index contributed by atoms with van der Waals surface area (Å²) in [6.07, 6.45) is 6.31. The molecule has 0 aromatic rings. The van der Waals surface area contributed by atoms with E-state index in [1.54, 1.807) is 4.31 Å². The monoisotopic (exact) mass is 277 g/mol. The summed E-state index contributed by atoms with van der Waals surface area (Å²) in [6, 6.07) is 0. The number of hydrogen-bond acceptors (Lipinski definition) is 1. The SMILES string of the molecule is CCCCC(C)(C)N(S(=O)O)C(C)(C)CCCC. The molecule has 0 spiro atoms. The van der Waals surface area contributed by atoms with Crippen LogP contribution in [0.5, 0.6) is 0 Å². The van der Waals surface area contributed by atoms with Gasteiger partial charge in [0.2, 0.25) is 11.3 Å². The fourth-order valence-corrected chi connectivity index (χ4v) is 3.69. The van der Waals surface area contributed by atoms with Crippen LogP contribution in [0.1, 0.15) is 80.1 Å². The van der Waals surface area contributed by atoms with Crippen LogP contribution in [-0.2, 0) is 11.3 Å². The second kappa shape index (κ2) is 7.61. The van der Waals surface area contributed by atoms with Crippen molar-refractivity contribution in [3.63, 3.8) is 0 Å². The molecule has 0 aromatic heterocycles. The molecule has 0 aliphatic rings. The van der Waals surface area contributed by atoms with Crippen LogP contribution in [-0.4, -0.2) is 24.1 Å². The van der Waals surface area contributed by atoms with Crippen LogP contribution in [0, 0.1) is 0 Å². The Morgan fingerprint density at radius 3 is 1.50 bits per heavy atom. The zero-order valence-electron chi connectivity index (χ0n) is 13.0. The topological polar surface area (TPSA) is 40.5 Å². The average molecular weight is 277 g/mol. The van der Waals surface area contributed by atoms with Gasteiger partial charge in [-0.15, -0.1) is 0 Å². The number of unbranched alkanes of at least 4 members (excludes halogenated alkanes) is 2. The average Bonchev–Trinajstić information content (AvgIpc) is 2.22. The molecule has 1 N–H and O–H groups in total. The molecule has 4 heteroatoms. The maximum Gasteiger partial charge on any atom is 0.235 e. The van der Waals surface area contributed by atoms with Gasteiger partial charge in [0, 0.05) is 11.1 Å². The third-order valence-electron chi connectivity index (χ3n) is 3.54. The third kappa shape index (κ3) is 5.37. The van der Waals surface area contributed by atoms with Crippen LogP contribution < -0.4 is 0 Å². The Labute approximate surface area is 116 Å². The smallest absolute Gasteiger partial charge is 0.235 e. The number of hydrogen-bond donors (Lipinski definition) is 1. The van der Waals surface area contributed by atoms with Gasteiger partial charge in [-0.1, -0.05) is 39.5 Å². The highest BCUT2D eigenvalue weighted by molar-refractivity contribution is 7.76. The molecule has 0 aromatic carbocycles. The summed E-state index contributed by atoms with van der Waals surface area (Å²) in [5, 5.41) is 0. The van der Waals surface area contributed by atoms with Crippen molar-refractivity contribution in [2.45, 2.75) is 91.1 Å². The molecule has 110 valence electrons. The molecule has 0 radical (unpaired) electrons. The first-order chi connectivity index (χ1) is 8.19. The lowest BCUT2D eigenvalue weighted by atomic mass is 9.89. The Kier molecular flexibility index (Phi) is 7.64. The van der Waals surface area contributed by atoms with Crippen molar-refractivity contribution in [2.75, 3.05) is 0 Å². The summed E-state index contributed by atoms with van der Waals surface area (Å²) >= 11 is -1.92. The van der Waals surface area contributed by atoms with E-state index in [2.05, 4.69) is 41.5 Å². The van der Waals surface area contributed by atoms with Gasteiger partial charge >= 0.3 is 0 Å². The normalized spacial score (nSPS) is 15.1. The van der Waals surface area contributed by atoms with E-state index < -0.39 is 11.3 Å². The Balaban J connectivity index is 4.98. The molecule has 0 bridgehead atoms. The molecule has 0 saturated carbocycles. The van der Waals surface area contributed by atoms with Crippen molar-refractivity contribution in [3.8, 4) is 0 Å². The van der Waals surface area contributed by atoms with Crippen molar-refractivity contribution in [1.82, 2.24) is 4.31 Å². The largest absolute Gasteiger partial charge is 0.294 e. The minimum atomic E-state index is -1.92. The highest BCUT2D eigenvalue weighted by Crippen LogP contribution is 2.33. The molecule has 0 aliphatic carbocycles. The molecular formula is C14H31NO2S. The van der Waals surface area contributed by atoms with Gasteiger partial charge in [0.05, 0.1) is 0 Å². The van der Waals surface area contributed by atoms with Crippen molar-refractivity contribution < 1.29 is 8.76 Å². The third-order valence-corrected chi connectivity index (χ3v) is 4.84. The van der Waals surface area contributed by atoms with Gasteiger partial charge in [-0.25, -0.2) is 4.21 Å². The predicted molar refractivity (Wildman–Crippen MR) is 79.8 cm³/mol. The maximum absolute atomic E-state index is 11.8.